The second-order valence-electron chi connectivity index (χ2n) is 7.97. The van der Waals surface area contributed by atoms with Gasteiger partial charge in [0.2, 0.25) is 17.7 Å². The first-order valence-corrected chi connectivity index (χ1v) is 8.94. The number of rotatable bonds is 7. The van der Waals surface area contributed by atoms with Gasteiger partial charge in [0.25, 0.3) is 0 Å². The number of carbonyl (C=O) groups excluding carboxylic acids is 4. The van der Waals surface area contributed by atoms with Crippen molar-refractivity contribution in [3.8, 4) is 0 Å². The number of urea groups is 1. The molecule has 0 aromatic rings. The summed E-state index contributed by atoms with van der Waals surface area (Å²) < 4.78 is 0. The largest absolute Gasteiger partial charge is 0.368 e. The van der Waals surface area contributed by atoms with Gasteiger partial charge in [0.15, 0.2) is 0 Å². The molecule has 0 aromatic carbocycles. The molecule has 0 bridgehead atoms. The molecule has 4 N–H and O–H groups in total. The predicted octanol–water partition coefficient (Wildman–Crippen LogP) is -0.179. The monoisotopic (exact) mass is 381 g/mol. The van der Waals surface area contributed by atoms with E-state index < -0.39 is 29.9 Å². The predicted molar refractivity (Wildman–Crippen MR) is 102 cm³/mol. The summed E-state index contributed by atoms with van der Waals surface area (Å²) in [6.07, 6.45) is 2.25. The third kappa shape index (κ3) is 6.92. The molecule has 1 aliphatic rings. The Morgan fingerprint density at radius 3 is 2.44 bits per heavy atom. The number of nitrogens with two attached hydrogens (primary N) is 1. The van der Waals surface area contributed by atoms with Crippen molar-refractivity contribution < 1.29 is 19.2 Å². The Kier molecular flexibility index (Phi) is 7.81. The quantitative estimate of drug-likeness (QED) is 0.529. The highest BCUT2D eigenvalue weighted by Gasteiger charge is 2.44. The molecule has 5 amide bonds. The summed E-state index contributed by atoms with van der Waals surface area (Å²) in [5.41, 5.74) is 4.94. The first-order chi connectivity index (χ1) is 12.5. The Labute approximate surface area is 160 Å². The summed E-state index contributed by atoms with van der Waals surface area (Å²) in [4.78, 5) is 51.5. The first kappa shape index (κ1) is 22.5. The molecule has 1 saturated heterocycles. The van der Waals surface area contributed by atoms with Crippen LogP contribution in [0.5, 0.6) is 0 Å². The van der Waals surface area contributed by atoms with E-state index in [1.165, 1.54) is 22.9 Å². The van der Waals surface area contributed by atoms with Crippen LogP contribution in [0.2, 0.25) is 0 Å². The van der Waals surface area contributed by atoms with Crippen molar-refractivity contribution >= 4 is 23.8 Å². The minimum absolute atomic E-state index is 0.163. The van der Waals surface area contributed by atoms with Gasteiger partial charge in [-0.3, -0.25) is 14.4 Å². The molecule has 152 valence electrons. The molecule has 0 aromatic heterocycles. The summed E-state index contributed by atoms with van der Waals surface area (Å²) in [5.74, 6) is -1.24. The van der Waals surface area contributed by atoms with Crippen molar-refractivity contribution in [1.82, 2.24) is 20.4 Å². The molecule has 2 unspecified atom stereocenters. The smallest absolute Gasteiger partial charge is 0.315 e. The lowest BCUT2D eigenvalue weighted by Gasteiger charge is -2.32. The van der Waals surface area contributed by atoms with Crippen molar-refractivity contribution in [2.24, 2.45) is 11.1 Å². The molecule has 1 fully saturated rings. The number of likely N-dealkylation sites (tertiary alicyclic amines) is 1. The summed E-state index contributed by atoms with van der Waals surface area (Å²) in [6.45, 7) is 9.72. The van der Waals surface area contributed by atoms with Crippen LogP contribution in [0, 0.1) is 5.41 Å². The Bertz CT molecular complexity index is 599. The topological polar surface area (TPSA) is 125 Å². The van der Waals surface area contributed by atoms with Crippen molar-refractivity contribution in [2.75, 3.05) is 26.7 Å². The number of hydrogen-bond donors (Lipinski definition) is 3. The average Bonchev–Trinajstić information content (AvgIpc) is 2.93. The molecule has 0 aliphatic carbocycles. The van der Waals surface area contributed by atoms with Gasteiger partial charge in [0.05, 0.1) is 12.6 Å². The van der Waals surface area contributed by atoms with Gasteiger partial charge in [-0.15, -0.1) is 6.58 Å². The maximum Gasteiger partial charge on any atom is 0.315 e. The van der Waals surface area contributed by atoms with E-state index in [2.05, 4.69) is 17.2 Å². The minimum Gasteiger partial charge on any atom is -0.368 e. The molecular formula is C18H31N5O4. The molecule has 1 aliphatic heterocycles. The highest BCUT2D eigenvalue weighted by Crippen LogP contribution is 2.26. The van der Waals surface area contributed by atoms with Gasteiger partial charge in [-0.25, -0.2) is 4.79 Å². The third-order valence-electron chi connectivity index (χ3n) is 4.15. The SMILES string of the molecule is C=CCNC(=O)NC1CCN(C(=O)CC(C)(C)C)C1C(=O)N(C)CC(N)=O. The Morgan fingerprint density at radius 1 is 1.30 bits per heavy atom. The molecular weight excluding hydrogens is 350 g/mol. The highest BCUT2D eigenvalue weighted by molar-refractivity contribution is 5.92. The number of carbonyl (C=O) groups is 4. The van der Waals surface area contributed by atoms with Crippen molar-refractivity contribution in [1.29, 1.82) is 0 Å². The number of likely N-dealkylation sites (N-methyl/N-ethyl adjacent to an activating group) is 1. The fourth-order valence-electron chi connectivity index (χ4n) is 3.01. The number of amides is 5. The number of nitrogens with zero attached hydrogens (tertiary/aromatic N) is 2. The number of nitrogens with one attached hydrogen (secondary N) is 2. The van der Waals surface area contributed by atoms with Gasteiger partial charge in [0.1, 0.15) is 6.04 Å². The van der Waals surface area contributed by atoms with Crippen LogP contribution in [0.4, 0.5) is 4.79 Å². The van der Waals surface area contributed by atoms with Gasteiger partial charge in [-0.1, -0.05) is 26.8 Å². The second kappa shape index (κ2) is 9.38. The zero-order valence-corrected chi connectivity index (χ0v) is 16.6. The van der Waals surface area contributed by atoms with Crippen molar-refractivity contribution in [3.63, 3.8) is 0 Å². The molecule has 2 atom stereocenters. The second-order valence-corrected chi connectivity index (χ2v) is 7.97. The van der Waals surface area contributed by atoms with Gasteiger partial charge in [-0.05, 0) is 11.8 Å². The van der Waals surface area contributed by atoms with E-state index in [1.807, 2.05) is 20.8 Å². The lowest BCUT2D eigenvalue weighted by molar-refractivity contribution is -0.145. The van der Waals surface area contributed by atoms with Gasteiger partial charge in [-0.2, -0.15) is 0 Å². The first-order valence-electron chi connectivity index (χ1n) is 8.94. The lowest BCUT2D eigenvalue weighted by atomic mass is 9.91. The summed E-state index contributed by atoms with van der Waals surface area (Å²) in [5, 5.41) is 5.34. The van der Waals surface area contributed by atoms with Gasteiger partial charge < -0.3 is 26.2 Å². The molecule has 1 heterocycles. The lowest BCUT2D eigenvalue weighted by Crippen LogP contribution is -2.57. The Balaban J connectivity index is 3.00. The van der Waals surface area contributed by atoms with E-state index in [0.717, 1.165) is 0 Å². The molecule has 0 radical (unpaired) electrons. The molecule has 0 spiro atoms. The van der Waals surface area contributed by atoms with Gasteiger partial charge >= 0.3 is 6.03 Å². The number of hydrogen-bond acceptors (Lipinski definition) is 4. The zero-order chi connectivity index (χ0) is 20.8. The summed E-state index contributed by atoms with van der Waals surface area (Å²) >= 11 is 0. The maximum atomic E-state index is 12.9. The molecule has 1 rings (SSSR count). The fourth-order valence-corrected chi connectivity index (χ4v) is 3.01. The van der Waals surface area contributed by atoms with E-state index in [0.29, 0.717) is 13.0 Å². The van der Waals surface area contributed by atoms with Crippen LogP contribution in [-0.2, 0) is 14.4 Å². The standard InChI is InChI=1S/C18H31N5O4/c1-6-8-20-17(27)21-12-7-9-23(14(25)10-18(2,3)4)15(12)16(26)22(5)11-13(19)24/h6,12,15H,1,7-11H2,2-5H3,(H2,19,24)(H2,20,21,27). The molecule has 0 saturated carbocycles. The van der Waals surface area contributed by atoms with E-state index >= 15 is 0 Å². The minimum atomic E-state index is -0.876. The van der Waals surface area contributed by atoms with Gasteiger partial charge in [0, 0.05) is 26.6 Å². The molecule has 27 heavy (non-hydrogen) atoms. The summed E-state index contributed by atoms with van der Waals surface area (Å²) in [6, 6.07) is -1.87. The molecule has 9 nitrogen and oxygen atoms in total. The fraction of sp³-hybridized carbons (Fsp3) is 0.667. The molecule has 9 heteroatoms. The van der Waals surface area contributed by atoms with Crippen LogP contribution >= 0.6 is 0 Å². The van der Waals surface area contributed by atoms with Crippen LogP contribution in [0.1, 0.15) is 33.6 Å². The number of primary amides is 1. The van der Waals surface area contributed by atoms with Crippen LogP contribution in [0.25, 0.3) is 0 Å². The van der Waals surface area contributed by atoms with Crippen molar-refractivity contribution in [3.05, 3.63) is 12.7 Å². The van der Waals surface area contributed by atoms with Crippen LogP contribution in [0.15, 0.2) is 12.7 Å². The van der Waals surface area contributed by atoms with Crippen molar-refractivity contribution in [2.45, 2.75) is 45.7 Å². The van der Waals surface area contributed by atoms with E-state index in [4.69, 9.17) is 5.73 Å². The third-order valence-corrected chi connectivity index (χ3v) is 4.15. The zero-order valence-electron chi connectivity index (χ0n) is 16.6. The average molecular weight is 381 g/mol. The van der Waals surface area contributed by atoms with E-state index in [9.17, 15) is 19.2 Å². The van der Waals surface area contributed by atoms with E-state index in [-0.39, 0.29) is 30.8 Å². The van der Waals surface area contributed by atoms with Crippen LogP contribution < -0.4 is 16.4 Å². The Hall–Kier alpha value is -2.58. The normalized spacial score (nSPS) is 19.3. The highest BCUT2D eigenvalue weighted by atomic mass is 16.2. The van der Waals surface area contributed by atoms with E-state index in [1.54, 1.807) is 0 Å². The van der Waals surface area contributed by atoms with Crippen LogP contribution in [0.3, 0.4) is 0 Å². The summed E-state index contributed by atoms with van der Waals surface area (Å²) in [7, 11) is 1.45. The maximum absolute atomic E-state index is 12.9. The van der Waals surface area contributed by atoms with Crippen LogP contribution in [-0.4, -0.2) is 72.3 Å². The Morgan fingerprint density at radius 2 is 1.93 bits per heavy atom.